The second kappa shape index (κ2) is 5.28. The quantitative estimate of drug-likeness (QED) is 0.792. The van der Waals surface area contributed by atoms with E-state index < -0.39 is 0 Å². The molecule has 0 spiro atoms. The van der Waals surface area contributed by atoms with Crippen molar-refractivity contribution in [1.82, 2.24) is 14.5 Å². The molecule has 0 saturated carbocycles. The normalized spacial score (nSPS) is 10.8. The maximum absolute atomic E-state index is 11.8. The molecule has 7 heteroatoms. The second-order valence-electron chi connectivity index (χ2n) is 4.65. The van der Waals surface area contributed by atoms with Crippen LogP contribution in [0, 0.1) is 13.8 Å². The third-order valence-corrected chi connectivity index (χ3v) is 2.82. The molecule has 0 bridgehead atoms. The molecule has 0 aliphatic rings. The topological polar surface area (TPSA) is 81.7 Å². The first kappa shape index (κ1) is 13.2. The Hall–Kier alpha value is -2.83. The summed E-state index contributed by atoms with van der Waals surface area (Å²) in [5, 5.41) is 6.28. The third kappa shape index (κ3) is 2.86. The van der Waals surface area contributed by atoms with Crippen LogP contribution in [0.3, 0.4) is 0 Å². The van der Waals surface area contributed by atoms with E-state index >= 15 is 0 Å². The number of aryl methyl sites for hydroxylation is 2. The monoisotopic (exact) mass is 286 g/mol. The van der Waals surface area contributed by atoms with E-state index in [-0.39, 0.29) is 12.5 Å². The number of imidazole rings is 1. The summed E-state index contributed by atoms with van der Waals surface area (Å²) in [5.41, 5.74) is 1.56. The van der Waals surface area contributed by atoms with Crippen molar-refractivity contribution < 1.29 is 14.1 Å². The maximum atomic E-state index is 11.8. The van der Waals surface area contributed by atoms with Gasteiger partial charge in [0.25, 0.3) is 5.91 Å². The Balaban J connectivity index is 1.67. The van der Waals surface area contributed by atoms with Crippen molar-refractivity contribution in [1.29, 1.82) is 0 Å². The van der Waals surface area contributed by atoms with Gasteiger partial charge in [0.1, 0.15) is 5.76 Å². The largest absolute Gasteiger partial charge is 0.480 e. The SMILES string of the molecule is Cc1cn2cccc(OCC(=O)Nc3cc(C)on3)c2n1. The Morgan fingerprint density at radius 2 is 2.33 bits per heavy atom. The zero-order chi connectivity index (χ0) is 14.8. The van der Waals surface area contributed by atoms with Crippen LogP contribution < -0.4 is 10.1 Å². The number of fused-ring (bicyclic) bond motifs is 1. The van der Waals surface area contributed by atoms with Crippen molar-refractivity contribution in [2.24, 2.45) is 0 Å². The number of carbonyl (C=O) groups is 1. The molecular formula is C14H14N4O3. The molecule has 0 radical (unpaired) electrons. The van der Waals surface area contributed by atoms with Gasteiger partial charge >= 0.3 is 0 Å². The van der Waals surface area contributed by atoms with Gasteiger partial charge in [0.15, 0.2) is 23.8 Å². The van der Waals surface area contributed by atoms with Gasteiger partial charge in [-0.05, 0) is 26.0 Å². The van der Waals surface area contributed by atoms with E-state index in [4.69, 9.17) is 9.26 Å². The predicted octanol–water partition coefficient (Wildman–Crippen LogP) is 1.96. The van der Waals surface area contributed by atoms with Gasteiger partial charge in [-0.1, -0.05) is 5.16 Å². The summed E-state index contributed by atoms with van der Waals surface area (Å²) in [6.07, 6.45) is 3.76. The molecule has 0 aliphatic heterocycles. The number of carbonyl (C=O) groups excluding carboxylic acids is 1. The van der Waals surface area contributed by atoms with Gasteiger partial charge in [-0.25, -0.2) is 4.98 Å². The summed E-state index contributed by atoms with van der Waals surface area (Å²) in [4.78, 5) is 16.1. The van der Waals surface area contributed by atoms with Crippen molar-refractivity contribution in [2.45, 2.75) is 13.8 Å². The van der Waals surface area contributed by atoms with Gasteiger partial charge < -0.3 is 19.0 Å². The number of hydrogen-bond donors (Lipinski definition) is 1. The van der Waals surface area contributed by atoms with Crippen molar-refractivity contribution >= 4 is 17.4 Å². The molecule has 3 heterocycles. The summed E-state index contributed by atoms with van der Waals surface area (Å²) < 4.78 is 12.2. The number of rotatable bonds is 4. The maximum Gasteiger partial charge on any atom is 0.263 e. The number of nitrogens with zero attached hydrogens (tertiary/aromatic N) is 3. The van der Waals surface area contributed by atoms with E-state index in [0.29, 0.717) is 23.0 Å². The standard InChI is InChI=1S/C14H14N4O3/c1-9-7-18-5-3-4-11(14(18)15-9)20-8-13(19)16-12-6-10(2)21-17-12/h3-7H,8H2,1-2H3,(H,16,17,19). The molecular weight excluding hydrogens is 272 g/mol. The molecule has 0 aromatic carbocycles. The molecule has 3 aromatic heterocycles. The van der Waals surface area contributed by atoms with Gasteiger partial charge in [0.05, 0.1) is 5.69 Å². The van der Waals surface area contributed by atoms with Crippen molar-refractivity contribution in [3.05, 3.63) is 42.0 Å². The number of aromatic nitrogens is 3. The zero-order valence-electron chi connectivity index (χ0n) is 11.7. The van der Waals surface area contributed by atoms with E-state index in [1.807, 2.05) is 29.8 Å². The Kier molecular flexibility index (Phi) is 3.31. The molecule has 1 amide bonds. The highest BCUT2D eigenvalue weighted by Crippen LogP contribution is 2.18. The van der Waals surface area contributed by atoms with Crippen LogP contribution in [0.15, 0.2) is 35.1 Å². The van der Waals surface area contributed by atoms with Gasteiger partial charge in [-0.3, -0.25) is 4.79 Å². The molecule has 1 N–H and O–H groups in total. The number of pyridine rings is 1. The van der Waals surface area contributed by atoms with E-state index in [2.05, 4.69) is 15.5 Å². The average molecular weight is 286 g/mol. The minimum Gasteiger partial charge on any atom is -0.480 e. The number of amides is 1. The van der Waals surface area contributed by atoms with Crippen LogP contribution in [0.2, 0.25) is 0 Å². The lowest BCUT2D eigenvalue weighted by molar-refractivity contribution is -0.118. The van der Waals surface area contributed by atoms with E-state index in [1.54, 1.807) is 19.1 Å². The van der Waals surface area contributed by atoms with Crippen molar-refractivity contribution in [2.75, 3.05) is 11.9 Å². The average Bonchev–Trinajstić information content (AvgIpc) is 3.01. The molecule has 21 heavy (non-hydrogen) atoms. The highest BCUT2D eigenvalue weighted by molar-refractivity contribution is 5.91. The molecule has 0 atom stereocenters. The fraction of sp³-hybridized carbons (Fsp3) is 0.214. The third-order valence-electron chi connectivity index (χ3n) is 2.82. The molecule has 0 aliphatic carbocycles. The van der Waals surface area contributed by atoms with Crippen molar-refractivity contribution in [3.63, 3.8) is 0 Å². The lowest BCUT2D eigenvalue weighted by atomic mass is 10.4. The minimum atomic E-state index is -0.311. The number of hydrogen-bond acceptors (Lipinski definition) is 5. The molecule has 3 aromatic rings. The smallest absolute Gasteiger partial charge is 0.263 e. The summed E-state index contributed by atoms with van der Waals surface area (Å²) in [5.74, 6) is 1.24. The van der Waals surface area contributed by atoms with Gasteiger partial charge in [-0.15, -0.1) is 0 Å². The van der Waals surface area contributed by atoms with E-state index in [0.717, 1.165) is 5.69 Å². The summed E-state index contributed by atoms with van der Waals surface area (Å²) in [7, 11) is 0. The van der Waals surface area contributed by atoms with E-state index in [1.165, 1.54) is 0 Å². The Morgan fingerprint density at radius 1 is 1.48 bits per heavy atom. The minimum absolute atomic E-state index is 0.127. The fourth-order valence-electron chi connectivity index (χ4n) is 1.97. The van der Waals surface area contributed by atoms with Crippen LogP contribution in [-0.4, -0.2) is 27.1 Å². The van der Waals surface area contributed by atoms with Crippen LogP contribution in [-0.2, 0) is 4.79 Å². The van der Waals surface area contributed by atoms with Gasteiger partial charge in [0.2, 0.25) is 0 Å². The predicted molar refractivity (Wildman–Crippen MR) is 75.3 cm³/mol. The summed E-state index contributed by atoms with van der Waals surface area (Å²) in [6, 6.07) is 5.24. The molecule has 3 rings (SSSR count). The highest BCUT2D eigenvalue weighted by Gasteiger charge is 2.10. The lowest BCUT2D eigenvalue weighted by Gasteiger charge is -2.06. The van der Waals surface area contributed by atoms with Crippen LogP contribution in [0.4, 0.5) is 5.82 Å². The first-order valence-corrected chi connectivity index (χ1v) is 6.42. The van der Waals surface area contributed by atoms with Crippen LogP contribution in [0.1, 0.15) is 11.5 Å². The number of ether oxygens (including phenoxy) is 1. The van der Waals surface area contributed by atoms with Crippen LogP contribution >= 0.6 is 0 Å². The lowest BCUT2D eigenvalue weighted by Crippen LogP contribution is -2.20. The Morgan fingerprint density at radius 3 is 3.10 bits per heavy atom. The van der Waals surface area contributed by atoms with E-state index in [9.17, 15) is 4.79 Å². The molecule has 7 nitrogen and oxygen atoms in total. The number of anilines is 1. The Bertz CT molecular complexity index is 790. The first-order chi connectivity index (χ1) is 10.1. The van der Waals surface area contributed by atoms with Gasteiger partial charge in [0, 0.05) is 18.5 Å². The Labute approximate surface area is 120 Å². The molecule has 0 unspecified atom stereocenters. The van der Waals surface area contributed by atoms with Crippen LogP contribution in [0.25, 0.3) is 5.65 Å². The highest BCUT2D eigenvalue weighted by atomic mass is 16.5. The molecule has 108 valence electrons. The first-order valence-electron chi connectivity index (χ1n) is 6.42. The summed E-state index contributed by atoms with van der Waals surface area (Å²) >= 11 is 0. The molecule has 0 fully saturated rings. The van der Waals surface area contributed by atoms with Crippen molar-refractivity contribution in [3.8, 4) is 5.75 Å². The second-order valence-corrected chi connectivity index (χ2v) is 4.65. The zero-order valence-corrected chi connectivity index (χ0v) is 11.7. The fourth-order valence-corrected chi connectivity index (χ4v) is 1.97. The summed E-state index contributed by atoms with van der Waals surface area (Å²) in [6.45, 7) is 3.52. The number of nitrogens with one attached hydrogen (secondary N) is 1. The van der Waals surface area contributed by atoms with Crippen LogP contribution in [0.5, 0.6) is 5.75 Å². The van der Waals surface area contributed by atoms with Gasteiger partial charge in [-0.2, -0.15) is 0 Å². The molecule has 0 saturated heterocycles.